The van der Waals surface area contributed by atoms with Crippen molar-refractivity contribution in [3.63, 3.8) is 0 Å². The van der Waals surface area contributed by atoms with Crippen molar-refractivity contribution >= 4 is 15.8 Å². The summed E-state index contributed by atoms with van der Waals surface area (Å²) < 4.78 is 25.1. The van der Waals surface area contributed by atoms with E-state index in [1.807, 2.05) is 39.2 Å². The fourth-order valence-corrected chi connectivity index (χ4v) is 3.45. The topological polar surface area (TPSA) is 88.4 Å². The maximum atomic E-state index is 11.7. The molecule has 2 N–H and O–H groups in total. The van der Waals surface area contributed by atoms with E-state index in [1.165, 1.54) is 6.26 Å². The number of guanidine groups is 1. The molecule has 2 aromatic rings. The largest absolute Gasteiger partial charge is 0.357 e. The zero-order valence-electron chi connectivity index (χ0n) is 15.1. The van der Waals surface area contributed by atoms with Gasteiger partial charge in [0.05, 0.1) is 17.6 Å². The summed E-state index contributed by atoms with van der Waals surface area (Å²) in [6.07, 6.45) is 4.95. The molecule has 25 heavy (non-hydrogen) atoms. The van der Waals surface area contributed by atoms with Crippen molar-refractivity contribution in [1.29, 1.82) is 0 Å². The van der Waals surface area contributed by atoms with Gasteiger partial charge in [0.1, 0.15) is 0 Å². The van der Waals surface area contributed by atoms with E-state index in [1.54, 1.807) is 16.9 Å². The Morgan fingerprint density at radius 3 is 2.60 bits per heavy atom. The molecule has 1 aromatic carbocycles. The van der Waals surface area contributed by atoms with Crippen LogP contribution >= 0.6 is 0 Å². The fraction of sp³-hybridized carbons (Fsp3) is 0.412. The molecule has 0 aliphatic carbocycles. The van der Waals surface area contributed by atoms with Gasteiger partial charge >= 0.3 is 0 Å². The van der Waals surface area contributed by atoms with Gasteiger partial charge in [0.2, 0.25) is 0 Å². The summed E-state index contributed by atoms with van der Waals surface area (Å²) in [6, 6.07) is 5.36. The van der Waals surface area contributed by atoms with Gasteiger partial charge in [-0.1, -0.05) is 12.1 Å². The first kappa shape index (κ1) is 19.0. The molecule has 136 valence electrons. The molecule has 0 unspecified atom stereocenters. The molecule has 0 radical (unpaired) electrons. The Morgan fingerprint density at radius 2 is 2.04 bits per heavy atom. The minimum absolute atomic E-state index is 0.369. The van der Waals surface area contributed by atoms with Crippen molar-refractivity contribution in [2.75, 3.05) is 12.8 Å². The second-order valence-corrected chi connectivity index (χ2v) is 7.93. The molecule has 0 fully saturated rings. The van der Waals surface area contributed by atoms with Crippen LogP contribution in [0.1, 0.15) is 23.6 Å². The molecule has 2 rings (SSSR count). The number of rotatable bonds is 6. The van der Waals surface area contributed by atoms with Gasteiger partial charge in [-0.15, -0.1) is 0 Å². The van der Waals surface area contributed by atoms with Crippen molar-refractivity contribution in [1.82, 2.24) is 20.4 Å². The first-order valence-electron chi connectivity index (χ1n) is 8.09. The maximum Gasteiger partial charge on any atom is 0.191 e. The third kappa shape index (κ3) is 5.60. The molecule has 0 aliphatic heterocycles. The van der Waals surface area contributed by atoms with Crippen LogP contribution in [0.4, 0.5) is 0 Å². The zero-order valence-corrected chi connectivity index (χ0v) is 15.9. The standard InChI is InChI=1S/C17H25N5O2S/c1-5-18-17(20-10-15-11-21-22(3)12-15)19-9-14-6-7-16(13(2)8-14)25(4,23)24/h6-8,11-12H,5,9-10H2,1-4H3,(H2,18,19,20). The molecule has 0 spiro atoms. The lowest BCUT2D eigenvalue weighted by Crippen LogP contribution is -2.36. The van der Waals surface area contributed by atoms with Crippen LogP contribution < -0.4 is 10.6 Å². The fourth-order valence-electron chi connectivity index (χ4n) is 2.49. The van der Waals surface area contributed by atoms with Gasteiger partial charge in [-0.3, -0.25) is 4.68 Å². The molecular formula is C17H25N5O2S. The molecule has 0 bridgehead atoms. The molecule has 8 heteroatoms. The lowest BCUT2D eigenvalue weighted by Gasteiger charge is -2.12. The Labute approximate surface area is 149 Å². The Kier molecular flexibility index (Phi) is 6.19. The molecular weight excluding hydrogens is 338 g/mol. The number of aromatic nitrogens is 2. The predicted octanol–water partition coefficient (Wildman–Crippen LogP) is 1.39. The summed E-state index contributed by atoms with van der Waals surface area (Å²) in [4.78, 5) is 4.91. The molecule has 1 aromatic heterocycles. The maximum absolute atomic E-state index is 11.7. The van der Waals surface area contributed by atoms with E-state index in [9.17, 15) is 8.42 Å². The number of hydrogen-bond acceptors (Lipinski definition) is 4. The third-order valence-corrected chi connectivity index (χ3v) is 4.88. The van der Waals surface area contributed by atoms with Crippen LogP contribution in [0.3, 0.4) is 0 Å². The number of nitrogens with one attached hydrogen (secondary N) is 2. The van der Waals surface area contributed by atoms with Gasteiger partial charge in [0.25, 0.3) is 0 Å². The molecule has 1 heterocycles. The molecule has 0 atom stereocenters. The second kappa shape index (κ2) is 8.15. The Bertz CT molecular complexity index is 856. The minimum Gasteiger partial charge on any atom is -0.357 e. The van der Waals surface area contributed by atoms with E-state index in [-0.39, 0.29) is 0 Å². The molecule has 0 aliphatic rings. The van der Waals surface area contributed by atoms with E-state index in [4.69, 9.17) is 0 Å². The lowest BCUT2D eigenvalue weighted by molar-refractivity contribution is 0.601. The van der Waals surface area contributed by atoms with Crippen LogP contribution in [-0.4, -0.2) is 37.0 Å². The molecule has 0 saturated carbocycles. The molecule has 0 saturated heterocycles. The smallest absolute Gasteiger partial charge is 0.191 e. The average molecular weight is 363 g/mol. The van der Waals surface area contributed by atoms with Crippen LogP contribution in [0.2, 0.25) is 0 Å². The van der Waals surface area contributed by atoms with Crippen LogP contribution in [0.15, 0.2) is 40.5 Å². The third-order valence-electron chi connectivity index (χ3n) is 3.62. The van der Waals surface area contributed by atoms with Crippen molar-refractivity contribution in [2.45, 2.75) is 31.8 Å². The van der Waals surface area contributed by atoms with Crippen LogP contribution in [0, 0.1) is 6.92 Å². The number of aryl methyl sites for hydroxylation is 2. The van der Waals surface area contributed by atoms with Gasteiger partial charge in [-0.2, -0.15) is 5.10 Å². The van der Waals surface area contributed by atoms with Gasteiger partial charge in [0.15, 0.2) is 15.8 Å². The van der Waals surface area contributed by atoms with Crippen molar-refractivity contribution in [2.24, 2.45) is 12.0 Å². The number of aliphatic imine (C=N–C) groups is 1. The highest BCUT2D eigenvalue weighted by Crippen LogP contribution is 2.16. The summed E-state index contributed by atoms with van der Waals surface area (Å²) >= 11 is 0. The van der Waals surface area contributed by atoms with Gasteiger partial charge in [-0.05, 0) is 31.0 Å². The summed E-state index contributed by atoms with van der Waals surface area (Å²) in [5.74, 6) is 0.705. The first-order valence-corrected chi connectivity index (χ1v) is 9.98. The summed E-state index contributed by atoms with van der Waals surface area (Å²) in [7, 11) is -1.32. The molecule has 7 nitrogen and oxygen atoms in total. The van der Waals surface area contributed by atoms with E-state index in [0.29, 0.717) is 23.9 Å². The normalized spacial score (nSPS) is 12.2. The Balaban J connectivity index is 2.04. The number of benzene rings is 1. The highest BCUT2D eigenvalue weighted by Gasteiger charge is 2.11. The van der Waals surface area contributed by atoms with Gasteiger partial charge in [0, 0.05) is 38.2 Å². The van der Waals surface area contributed by atoms with Crippen LogP contribution in [0.25, 0.3) is 0 Å². The van der Waals surface area contributed by atoms with E-state index in [2.05, 4.69) is 20.7 Å². The van der Waals surface area contributed by atoms with Crippen molar-refractivity contribution in [3.05, 3.63) is 47.3 Å². The van der Waals surface area contributed by atoms with Crippen LogP contribution in [0.5, 0.6) is 0 Å². The first-order chi connectivity index (χ1) is 11.8. The van der Waals surface area contributed by atoms with Gasteiger partial charge in [-0.25, -0.2) is 13.4 Å². The monoisotopic (exact) mass is 363 g/mol. The Hall–Kier alpha value is -2.35. The van der Waals surface area contributed by atoms with Crippen molar-refractivity contribution < 1.29 is 8.42 Å². The highest BCUT2D eigenvalue weighted by atomic mass is 32.2. The summed E-state index contributed by atoms with van der Waals surface area (Å²) in [5, 5.41) is 10.6. The number of sulfone groups is 1. The molecule has 0 amide bonds. The minimum atomic E-state index is -3.19. The summed E-state index contributed by atoms with van der Waals surface area (Å²) in [6.45, 7) is 5.66. The quantitative estimate of drug-likeness (QED) is 0.598. The average Bonchev–Trinajstić information content (AvgIpc) is 2.94. The number of hydrogen-bond donors (Lipinski definition) is 2. The second-order valence-electron chi connectivity index (χ2n) is 5.94. The van der Waals surface area contributed by atoms with Gasteiger partial charge < -0.3 is 10.6 Å². The zero-order chi connectivity index (χ0) is 18.4. The number of nitrogens with zero attached hydrogens (tertiary/aromatic N) is 3. The van der Waals surface area contributed by atoms with E-state index >= 15 is 0 Å². The SMILES string of the molecule is CCNC(=NCc1cnn(C)c1)NCc1ccc(S(C)(=O)=O)c(C)c1. The van der Waals surface area contributed by atoms with E-state index < -0.39 is 9.84 Å². The van der Waals surface area contributed by atoms with E-state index in [0.717, 1.165) is 23.2 Å². The van der Waals surface area contributed by atoms with Crippen molar-refractivity contribution in [3.8, 4) is 0 Å². The van der Waals surface area contributed by atoms with Crippen LogP contribution in [-0.2, 0) is 30.0 Å². The Morgan fingerprint density at radius 1 is 1.28 bits per heavy atom. The summed E-state index contributed by atoms with van der Waals surface area (Å²) in [5.41, 5.74) is 2.78. The lowest BCUT2D eigenvalue weighted by atomic mass is 10.1. The predicted molar refractivity (Wildman–Crippen MR) is 99.2 cm³/mol. The highest BCUT2D eigenvalue weighted by molar-refractivity contribution is 7.90.